The van der Waals surface area contributed by atoms with Crippen LogP contribution in [0.5, 0.6) is 0 Å². The molecule has 0 bridgehead atoms. The summed E-state index contributed by atoms with van der Waals surface area (Å²) in [5.74, 6) is 0.298. The van der Waals surface area contributed by atoms with Crippen LogP contribution in [0.2, 0.25) is 0 Å². The lowest BCUT2D eigenvalue weighted by atomic mass is 10.1. The topological polar surface area (TPSA) is 71.6 Å². The molecule has 2 rings (SSSR count). The van der Waals surface area contributed by atoms with Gasteiger partial charge in [0.05, 0.1) is 17.8 Å². The fourth-order valence-corrected chi connectivity index (χ4v) is 1.34. The second-order valence-electron chi connectivity index (χ2n) is 3.56. The smallest absolute Gasteiger partial charge is 0.257 e. The summed E-state index contributed by atoms with van der Waals surface area (Å²) in [4.78, 5) is 15.8. The zero-order valence-electron chi connectivity index (χ0n) is 8.64. The first kappa shape index (κ1) is 9.64. The molecule has 1 amide bonds. The molecule has 0 saturated carbocycles. The van der Waals surface area contributed by atoms with E-state index in [4.69, 9.17) is 5.73 Å². The molecule has 1 aliphatic rings. The average molecular weight is 204 g/mol. The Hall–Kier alpha value is -1.91. The van der Waals surface area contributed by atoms with Gasteiger partial charge >= 0.3 is 0 Å². The molecule has 1 aliphatic heterocycles. The molecule has 0 aliphatic carbocycles. The van der Waals surface area contributed by atoms with Crippen molar-refractivity contribution in [3.8, 4) is 0 Å². The van der Waals surface area contributed by atoms with Crippen molar-refractivity contribution in [1.82, 2.24) is 4.98 Å². The fraction of sp³-hybridized carbons (Fsp3) is 0.300. The third-order valence-electron chi connectivity index (χ3n) is 2.45. The Balaban J connectivity index is 2.33. The Labute approximate surface area is 87.6 Å². The molecule has 5 heteroatoms. The van der Waals surface area contributed by atoms with E-state index in [1.807, 2.05) is 13.8 Å². The van der Waals surface area contributed by atoms with Gasteiger partial charge in [-0.2, -0.15) is 10.1 Å². The molecular weight excluding hydrogens is 192 g/mol. The van der Waals surface area contributed by atoms with Gasteiger partial charge in [-0.05, 0) is 26.0 Å². The molecule has 0 spiro atoms. The second kappa shape index (κ2) is 3.34. The van der Waals surface area contributed by atoms with Gasteiger partial charge in [0.25, 0.3) is 5.91 Å². The summed E-state index contributed by atoms with van der Waals surface area (Å²) >= 11 is 0. The number of nitrogens with two attached hydrogens (primary N) is 1. The van der Waals surface area contributed by atoms with Gasteiger partial charge in [0.2, 0.25) is 0 Å². The summed E-state index contributed by atoms with van der Waals surface area (Å²) in [5, 5.41) is 5.47. The lowest BCUT2D eigenvalue weighted by molar-refractivity contribution is -0.119. The van der Waals surface area contributed by atoms with Crippen molar-refractivity contribution in [2.45, 2.75) is 13.8 Å². The fourth-order valence-electron chi connectivity index (χ4n) is 1.34. The third-order valence-corrected chi connectivity index (χ3v) is 2.45. The molecule has 15 heavy (non-hydrogen) atoms. The van der Waals surface area contributed by atoms with E-state index in [1.165, 1.54) is 11.2 Å². The van der Waals surface area contributed by atoms with Crippen molar-refractivity contribution in [2.24, 2.45) is 11.0 Å². The minimum absolute atomic E-state index is 0.0511. The van der Waals surface area contributed by atoms with Crippen LogP contribution in [0, 0.1) is 5.92 Å². The molecule has 1 aromatic heterocycles. The zero-order chi connectivity index (χ0) is 11.0. The molecule has 1 unspecified atom stereocenters. The van der Waals surface area contributed by atoms with Crippen LogP contribution in [0.15, 0.2) is 23.4 Å². The number of nitrogen functional groups attached to an aromatic ring is 1. The summed E-state index contributed by atoms with van der Waals surface area (Å²) < 4.78 is 0. The predicted molar refractivity (Wildman–Crippen MR) is 58.4 cm³/mol. The number of carbonyl (C=O) groups excluding carboxylic acids is 1. The number of anilines is 2. The van der Waals surface area contributed by atoms with Gasteiger partial charge in [-0.15, -0.1) is 0 Å². The van der Waals surface area contributed by atoms with Gasteiger partial charge in [0.15, 0.2) is 5.82 Å². The first-order valence-corrected chi connectivity index (χ1v) is 4.70. The highest BCUT2D eigenvalue weighted by Crippen LogP contribution is 2.21. The van der Waals surface area contributed by atoms with E-state index < -0.39 is 0 Å². The molecule has 2 heterocycles. The van der Waals surface area contributed by atoms with Gasteiger partial charge < -0.3 is 5.73 Å². The van der Waals surface area contributed by atoms with Gasteiger partial charge in [0.1, 0.15) is 0 Å². The van der Waals surface area contributed by atoms with Crippen molar-refractivity contribution < 1.29 is 4.79 Å². The van der Waals surface area contributed by atoms with Gasteiger partial charge in [-0.3, -0.25) is 4.79 Å². The van der Waals surface area contributed by atoms with Crippen LogP contribution >= 0.6 is 0 Å². The highest BCUT2D eigenvalue weighted by atomic mass is 16.2. The minimum atomic E-state index is -0.163. The number of nitrogens with zero attached hydrogens (tertiary/aromatic N) is 3. The van der Waals surface area contributed by atoms with E-state index in [1.54, 1.807) is 12.1 Å². The number of hydrogen-bond donors (Lipinski definition) is 1. The quantitative estimate of drug-likeness (QED) is 0.742. The maximum Gasteiger partial charge on any atom is 0.257 e. The highest BCUT2D eigenvalue weighted by molar-refractivity contribution is 6.14. The second-order valence-corrected chi connectivity index (χ2v) is 3.56. The molecule has 5 nitrogen and oxygen atoms in total. The largest absolute Gasteiger partial charge is 0.397 e. The van der Waals surface area contributed by atoms with E-state index in [-0.39, 0.29) is 11.8 Å². The van der Waals surface area contributed by atoms with Gasteiger partial charge in [-0.25, -0.2) is 4.98 Å². The molecule has 0 saturated heterocycles. The van der Waals surface area contributed by atoms with Crippen LogP contribution < -0.4 is 10.7 Å². The summed E-state index contributed by atoms with van der Waals surface area (Å²) in [6, 6.07) is 3.38. The summed E-state index contributed by atoms with van der Waals surface area (Å²) in [6.07, 6.45) is 1.51. The van der Waals surface area contributed by atoms with Crippen LogP contribution in [-0.4, -0.2) is 16.6 Å². The van der Waals surface area contributed by atoms with E-state index >= 15 is 0 Å². The molecule has 0 aromatic carbocycles. The molecule has 2 N–H and O–H groups in total. The van der Waals surface area contributed by atoms with Gasteiger partial charge in [-0.1, -0.05) is 0 Å². The van der Waals surface area contributed by atoms with E-state index in [2.05, 4.69) is 10.1 Å². The number of carbonyl (C=O) groups is 1. The minimum Gasteiger partial charge on any atom is -0.397 e. The summed E-state index contributed by atoms with van der Waals surface area (Å²) in [7, 11) is 0. The number of hydrogen-bond acceptors (Lipinski definition) is 4. The first-order valence-electron chi connectivity index (χ1n) is 4.70. The number of amides is 1. The van der Waals surface area contributed by atoms with Crippen LogP contribution in [-0.2, 0) is 4.79 Å². The Morgan fingerprint density at radius 3 is 2.67 bits per heavy atom. The number of rotatable bonds is 1. The Kier molecular flexibility index (Phi) is 2.15. The first-order chi connectivity index (χ1) is 7.09. The molecule has 0 fully saturated rings. The monoisotopic (exact) mass is 204 g/mol. The van der Waals surface area contributed by atoms with Crippen molar-refractivity contribution in [2.75, 3.05) is 10.7 Å². The lowest BCUT2D eigenvalue weighted by Crippen LogP contribution is -2.25. The van der Waals surface area contributed by atoms with Crippen molar-refractivity contribution in [3.05, 3.63) is 18.3 Å². The van der Waals surface area contributed by atoms with Crippen molar-refractivity contribution in [1.29, 1.82) is 0 Å². The van der Waals surface area contributed by atoms with Crippen LogP contribution in [0.1, 0.15) is 13.8 Å². The predicted octanol–water partition coefficient (Wildman–Crippen LogP) is 1.02. The Bertz CT molecular complexity index is 424. The molecule has 1 atom stereocenters. The maximum atomic E-state index is 11.7. The normalized spacial score (nSPS) is 20.7. The Morgan fingerprint density at radius 2 is 2.20 bits per heavy atom. The molecule has 1 aromatic rings. The average Bonchev–Trinajstić information content (AvgIpc) is 2.47. The standard InChI is InChI=1S/C10H12N4O/c1-6-7(2)13-14(10(6)15)9-4-3-8(11)5-12-9/h3-6H,11H2,1-2H3. The zero-order valence-corrected chi connectivity index (χ0v) is 8.64. The summed E-state index contributed by atoms with van der Waals surface area (Å²) in [5.41, 5.74) is 6.89. The van der Waals surface area contributed by atoms with Crippen molar-refractivity contribution >= 4 is 23.1 Å². The molecular formula is C10H12N4O. The molecule has 0 radical (unpaired) electrons. The maximum absolute atomic E-state index is 11.7. The van der Waals surface area contributed by atoms with Crippen LogP contribution in [0.25, 0.3) is 0 Å². The van der Waals surface area contributed by atoms with Crippen LogP contribution in [0.3, 0.4) is 0 Å². The number of pyridine rings is 1. The van der Waals surface area contributed by atoms with E-state index in [9.17, 15) is 4.79 Å². The van der Waals surface area contributed by atoms with Crippen molar-refractivity contribution in [3.63, 3.8) is 0 Å². The Morgan fingerprint density at radius 1 is 1.47 bits per heavy atom. The van der Waals surface area contributed by atoms with E-state index in [0.29, 0.717) is 11.5 Å². The van der Waals surface area contributed by atoms with Gasteiger partial charge in [0, 0.05) is 5.71 Å². The molecule has 78 valence electrons. The number of aromatic nitrogens is 1. The van der Waals surface area contributed by atoms with Crippen LogP contribution in [0.4, 0.5) is 11.5 Å². The lowest BCUT2D eigenvalue weighted by Gasteiger charge is -2.11. The van der Waals surface area contributed by atoms with E-state index in [0.717, 1.165) is 5.71 Å². The third kappa shape index (κ3) is 1.56. The number of hydrazone groups is 1. The SMILES string of the molecule is CC1=NN(c2ccc(N)cn2)C(=O)C1C. The summed E-state index contributed by atoms with van der Waals surface area (Å²) in [6.45, 7) is 3.67. The highest BCUT2D eigenvalue weighted by Gasteiger charge is 2.31.